The highest BCUT2D eigenvalue weighted by molar-refractivity contribution is 5.83. The van der Waals surface area contributed by atoms with E-state index in [0.717, 1.165) is 29.8 Å². The first-order chi connectivity index (χ1) is 8.49. The van der Waals surface area contributed by atoms with E-state index in [0.29, 0.717) is 18.1 Å². The number of ketones is 1. The van der Waals surface area contributed by atoms with Crippen LogP contribution >= 0.6 is 0 Å². The van der Waals surface area contributed by atoms with Crippen LogP contribution in [0.2, 0.25) is 0 Å². The highest BCUT2D eigenvalue weighted by atomic mass is 16.1. The lowest BCUT2D eigenvalue weighted by Gasteiger charge is -2.25. The van der Waals surface area contributed by atoms with Gasteiger partial charge in [0, 0.05) is 30.6 Å². The number of hydrogen-bond acceptors (Lipinski definition) is 2. The second-order valence-electron chi connectivity index (χ2n) is 5.88. The molecule has 2 rings (SSSR count). The Morgan fingerprint density at radius 2 is 2.11 bits per heavy atom. The number of aromatic nitrogens is 2. The molecule has 18 heavy (non-hydrogen) atoms. The number of aryl methyl sites for hydroxylation is 2. The quantitative estimate of drug-likeness (QED) is 0.824. The van der Waals surface area contributed by atoms with Crippen LogP contribution in [0.15, 0.2) is 0 Å². The minimum atomic E-state index is 0.285. The monoisotopic (exact) mass is 248 g/mol. The molecule has 3 nitrogen and oxygen atoms in total. The molecule has 3 heteroatoms. The third kappa shape index (κ3) is 2.65. The van der Waals surface area contributed by atoms with Gasteiger partial charge in [-0.25, -0.2) is 0 Å². The Kier molecular flexibility index (Phi) is 3.88. The number of nitrogens with zero attached hydrogens (tertiary/aromatic N) is 2. The number of Topliss-reactive ketones (excluding diaryl/α,β-unsaturated/α-hetero) is 1. The molecule has 0 aromatic carbocycles. The van der Waals surface area contributed by atoms with Gasteiger partial charge in [0.2, 0.25) is 0 Å². The SMILES string of the molecule is Cc1nn(C)c(C)c1CC(=O)C1CCCC(C)C1. The zero-order valence-electron chi connectivity index (χ0n) is 12.0. The van der Waals surface area contributed by atoms with Crippen molar-refractivity contribution >= 4 is 5.78 Å². The Morgan fingerprint density at radius 1 is 1.39 bits per heavy atom. The molecule has 1 aliphatic rings. The molecule has 2 unspecified atom stereocenters. The summed E-state index contributed by atoms with van der Waals surface area (Å²) in [5.41, 5.74) is 3.28. The van der Waals surface area contributed by atoms with E-state index in [9.17, 15) is 4.79 Å². The van der Waals surface area contributed by atoms with Crippen molar-refractivity contribution in [2.45, 2.75) is 52.9 Å². The van der Waals surface area contributed by atoms with Gasteiger partial charge in [0.15, 0.2) is 0 Å². The molecule has 100 valence electrons. The van der Waals surface area contributed by atoms with E-state index in [2.05, 4.69) is 12.0 Å². The summed E-state index contributed by atoms with van der Waals surface area (Å²) < 4.78 is 1.88. The Morgan fingerprint density at radius 3 is 2.67 bits per heavy atom. The van der Waals surface area contributed by atoms with Gasteiger partial charge >= 0.3 is 0 Å². The van der Waals surface area contributed by atoms with Crippen molar-refractivity contribution in [1.82, 2.24) is 9.78 Å². The van der Waals surface area contributed by atoms with Crippen molar-refractivity contribution < 1.29 is 4.79 Å². The molecule has 2 atom stereocenters. The maximum absolute atomic E-state index is 12.4. The zero-order valence-corrected chi connectivity index (χ0v) is 12.0. The van der Waals surface area contributed by atoms with Crippen LogP contribution in [0.1, 0.15) is 49.6 Å². The summed E-state index contributed by atoms with van der Waals surface area (Å²) in [4.78, 5) is 12.4. The fraction of sp³-hybridized carbons (Fsp3) is 0.733. The van der Waals surface area contributed by atoms with E-state index < -0.39 is 0 Å². The first kappa shape index (κ1) is 13.3. The molecule has 0 amide bonds. The fourth-order valence-corrected chi connectivity index (χ4v) is 3.12. The molecule has 1 aromatic rings. The molecule has 0 bridgehead atoms. The maximum atomic E-state index is 12.4. The van der Waals surface area contributed by atoms with Gasteiger partial charge in [0.25, 0.3) is 0 Å². The van der Waals surface area contributed by atoms with Crippen LogP contribution in [0.4, 0.5) is 0 Å². The van der Waals surface area contributed by atoms with Gasteiger partial charge in [-0.05, 0) is 32.6 Å². The van der Waals surface area contributed by atoms with Gasteiger partial charge in [-0.15, -0.1) is 0 Å². The third-order valence-electron chi connectivity index (χ3n) is 4.40. The topological polar surface area (TPSA) is 34.9 Å². The van der Waals surface area contributed by atoms with E-state index in [1.807, 2.05) is 25.6 Å². The van der Waals surface area contributed by atoms with Gasteiger partial charge in [0.05, 0.1) is 5.69 Å². The van der Waals surface area contributed by atoms with E-state index in [1.165, 1.54) is 12.8 Å². The molecule has 1 heterocycles. The summed E-state index contributed by atoms with van der Waals surface area (Å²) in [6.07, 6.45) is 5.24. The van der Waals surface area contributed by atoms with Crippen LogP contribution in [-0.2, 0) is 18.3 Å². The first-order valence-corrected chi connectivity index (χ1v) is 7.00. The summed E-state index contributed by atoms with van der Waals surface area (Å²) in [5, 5.41) is 4.39. The molecular weight excluding hydrogens is 224 g/mol. The van der Waals surface area contributed by atoms with Gasteiger partial charge in [-0.1, -0.05) is 19.8 Å². The van der Waals surface area contributed by atoms with Crippen molar-refractivity contribution in [3.05, 3.63) is 17.0 Å². The van der Waals surface area contributed by atoms with Gasteiger partial charge in [-0.3, -0.25) is 9.48 Å². The molecule has 1 aliphatic carbocycles. The van der Waals surface area contributed by atoms with Crippen molar-refractivity contribution in [2.24, 2.45) is 18.9 Å². The number of hydrogen-bond donors (Lipinski definition) is 0. The number of carbonyl (C=O) groups is 1. The van der Waals surface area contributed by atoms with E-state index >= 15 is 0 Å². The van der Waals surface area contributed by atoms with Crippen LogP contribution in [-0.4, -0.2) is 15.6 Å². The van der Waals surface area contributed by atoms with Crippen molar-refractivity contribution in [3.63, 3.8) is 0 Å². The lowest BCUT2D eigenvalue weighted by Crippen LogP contribution is -2.23. The van der Waals surface area contributed by atoms with E-state index in [1.54, 1.807) is 0 Å². The maximum Gasteiger partial charge on any atom is 0.140 e. The minimum absolute atomic E-state index is 0.285. The smallest absolute Gasteiger partial charge is 0.140 e. The van der Waals surface area contributed by atoms with Crippen LogP contribution in [0.5, 0.6) is 0 Å². The van der Waals surface area contributed by atoms with Crippen LogP contribution in [0.25, 0.3) is 0 Å². The summed E-state index contributed by atoms with van der Waals surface area (Å²) >= 11 is 0. The highest BCUT2D eigenvalue weighted by Crippen LogP contribution is 2.30. The molecular formula is C15H24N2O. The Hall–Kier alpha value is -1.12. The van der Waals surface area contributed by atoms with E-state index in [-0.39, 0.29) is 5.92 Å². The lowest BCUT2D eigenvalue weighted by atomic mass is 9.79. The fourth-order valence-electron chi connectivity index (χ4n) is 3.12. The number of rotatable bonds is 3. The molecule has 1 aromatic heterocycles. The average molecular weight is 248 g/mol. The second kappa shape index (κ2) is 5.25. The van der Waals surface area contributed by atoms with Crippen molar-refractivity contribution in [2.75, 3.05) is 0 Å². The van der Waals surface area contributed by atoms with Crippen molar-refractivity contribution in [3.8, 4) is 0 Å². The summed E-state index contributed by atoms with van der Waals surface area (Å²) in [5.74, 6) is 1.41. The standard InChI is InChI=1S/C15H24N2O/c1-10-6-5-7-13(8-10)15(18)9-14-11(2)16-17(4)12(14)3/h10,13H,5-9H2,1-4H3. The van der Waals surface area contributed by atoms with Crippen LogP contribution in [0, 0.1) is 25.7 Å². The van der Waals surface area contributed by atoms with Crippen LogP contribution in [0.3, 0.4) is 0 Å². The Balaban J connectivity index is 2.06. The van der Waals surface area contributed by atoms with Crippen molar-refractivity contribution in [1.29, 1.82) is 0 Å². The largest absolute Gasteiger partial charge is 0.299 e. The predicted molar refractivity (Wildman–Crippen MR) is 72.5 cm³/mol. The molecule has 0 N–H and O–H groups in total. The molecule has 0 aliphatic heterocycles. The highest BCUT2D eigenvalue weighted by Gasteiger charge is 2.26. The first-order valence-electron chi connectivity index (χ1n) is 7.00. The average Bonchev–Trinajstić information content (AvgIpc) is 2.56. The van der Waals surface area contributed by atoms with Crippen LogP contribution < -0.4 is 0 Å². The number of carbonyl (C=O) groups excluding carboxylic acids is 1. The summed E-state index contributed by atoms with van der Waals surface area (Å²) in [7, 11) is 1.94. The van der Waals surface area contributed by atoms with E-state index in [4.69, 9.17) is 0 Å². The molecule has 0 saturated heterocycles. The lowest BCUT2D eigenvalue weighted by molar-refractivity contribution is -0.123. The van der Waals surface area contributed by atoms with Gasteiger partial charge in [0.1, 0.15) is 5.78 Å². The Bertz CT molecular complexity index is 448. The molecule has 0 radical (unpaired) electrons. The molecule has 0 spiro atoms. The van der Waals surface area contributed by atoms with Gasteiger partial charge in [-0.2, -0.15) is 5.10 Å². The normalized spacial score (nSPS) is 24.2. The predicted octanol–water partition coefficient (Wildman–Crippen LogP) is 2.97. The zero-order chi connectivity index (χ0) is 13.3. The Labute approximate surface area is 110 Å². The molecule has 1 fully saturated rings. The summed E-state index contributed by atoms with van der Waals surface area (Å²) in [6.45, 7) is 6.31. The summed E-state index contributed by atoms with van der Waals surface area (Å²) in [6, 6.07) is 0. The minimum Gasteiger partial charge on any atom is -0.299 e. The van der Waals surface area contributed by atoms with Gasteiger partial charge < -0.3 is 0 Å². The third-order valence-corrected chi connectivity index (χ3v) is 4.40. The second-order valence-corrected chi connectivity index (χ2v) is 5.88. The molecule has 1 saturated carbocycles.